The van der Waals surface area contributed by atoms with Crippen molar-refractivity contribution in [2.24, 2.45) is 5.41 Å². The number of nitrogens with zero attached hydrogens (tertiary/aromatic N) is 6. The number of rotatable bonds is 4. The molecule has 0 spiro atoms. The Morgan fingerprint density at radius 1 is 1.07 bits per heavy atom. The van der Waals surface area contributed by atoms with Crippen LogP contribution in [0.5, 0.6) is 5.88 Å². The summed E-state index contributed by atoms with van der Waals surface area (Å²) in [4.78, 5) is 35.9. The number of carbonyl (C=O) groups is 1. The van der Waals surface area contributed by atoms with Crippen LogP contribution in [0, 0.1) is 19.3 Å². The van der Waals surface area contributed by atoms with Gasteiger partial charge in [0.05, 0.1) is 48.8 Å². The molecule has 4 bridgehead atoms. The molecular weight excluding hydrogens is 558 g/mol. The number of carbonyl (C=O) groups excluding carboxylic acids is 1. The number of sulfonamides is 1. The van der Waals surface area contributed by atoms with Crippen molar-refractivity contribution in [2.45, 2.75) is 58.5 Å². The molecule has 2 aliphatic heterocycles. The van der Waals surface area contributed by atoms with Crippen molar-refractivity contribution in [3.8, 4) is 5.88 Å². The second kappa shape index (κ2) is 11.8. The molecule has 2 aliphatic rings. The van der Waals surface area contributed by atoms with Crippen LogP contribution in [0.3, 0.4) is 0 Å². The number of amides is 1. The van der Waals surface area contributed by atoms with E-state index in [0.29, 0.717) is 36.7 Å². The van der Waals surface area contributed by atoms with Gasteiger partial charge in [0.25, 0.3) is 15.9 Å². The molecule has 1 aromatic carbocycles. The van der Waals surface area contributed by atoms with Gasteiger partial charge in [0.15, 0.2) is 0 Å². The number of ether oxygens (including phenoxy) is 2. The molecule has 1 fully saturated rings. The highest BCUT2D eigenvalue weighted by Crippen LogP contribution is 2.29. The number of anilines is 2. The molecule has 1 saturated heterocycles. The van der Waals surface area contributed by atoms with Crippen molar-refractivity contribution < 1.29 is 22.7 Å². The van der Waals surface area contributed by atoms with E-state index in [1.165, 1.54) is 12.1 Å². The van der Waals surface area contributed by atoms with Crippen molar-refractivity contribution in [1.82, 2.24) is 24.8 Å². The zero-order valence-corrected chi connectivity index (χ0v) is 25.4. The maximum Gasteiger partial charge on any atom is 0.264 e. The Bertz CT molecular complexity index is 1550. The Hall–Kier alpha value is -3.84. The van der Waals surface area contributed by atoms with Crippen molar-refractivity contribution in [1.29, 1.82) is 0 Å². The normalized spacial score (nSPS) is 19.2. The second-order valence-corrected chi connectivity index (χ2v) is 13.5. The minimum absolute atomic E-state index is 0.0738. The molecular formula is C29H37N7O5S. The number of hydrogen-bond acceptors (Lipinski definition) is 10. The Labute approximate surface area is 246 Å². The fourth-order valence-electron chi connectivity index (χ4n) is 5.00. The maximum atomic E-state index is 14.2. The minimum Gasteiger partial charge on any atom is -0.475 e. The molecule has 0 unspecified atom stereocenters. The first-order valence-corrected chi connectivity index (χ1v) is 15.4. The lowest BCUT2D eigenvalue weighted by molar-refractivity contribution is 0.0504. The van der Waals surface area contributed by atoms with Crippen LogP contribution in [0.15, 0.2) is 41.6 Å². The van der Waals surface area contributed by atoms with Gasteiger partial charge < -0.3 is 19.3 Å². The van der Waals surface area contributed by atoms with E-state index < -0.39 is 16.1 Å². The molecule has 2 aromatic heterocycles. The molecule has 12 nitrogen and oxygen atoms in total. The van der Waals surface area contributed by atoms with Crippen LogP contribution in [0.1, 0.15) is 54.6 Å². The quantitative estimate of drug-likeness (QED) is 0.478. The van der Waals surface area contributed by atoms with Crippen LogP contribution in [-0.4, -0.2) is 78.1 Å². The Kier molecular flexibility index (Phi) is 8.33. The van der Waals surface area contributed by atoms with Crippen molar-refractivity contribution >= 4 is 27.6 Å². The highest BCUT2D eigenvalue weighted by Gasteiger charge is 2.32. The first-order chi connectivity index (χ1) is 19.9. The second-order valence-electron chi connectivity index (χ2n) is 11.8. The molecule has 224 valence electrons. The maximum absolute atomic E-state index is 14.2. The van der Waals surface area contributed by atoms with E-state index in [9.17, 15) is 13.2 Å². The highest BCUT2D eigenvalue weighted by molar-refractivity contribution is 7.92. The molecule has 0 aliphatic carbocycles. The van der Waals surface area contributed by atoms with E-state index in [4.69, 9.17) is 9.47 Å². The summed E-state index contributed by atoms with van der Waals surface area (Å²) in [6.45, 7) is 12.9. The Morgan fingerprint density at radius 3 is 2.48 bits per heavy atom. The lowest BCUT2D eigenvalue weighted by Crippen LogP contribution is -2.45. The van der Waals surface area contributed by atoms with Gasteiger partial charge in [-0.25, -0.2) is 28.1 Å². The molecule has 0 radical (unpaired) electrons. The highest BCUT2D eigenvalue weighted by atomic mass is 32.2. The zero-order chi connectivity index (χ0) is 30.1. The third-order valence-electron chi connectivity index (χ3n) is 7.30. The van der Waals surface area contributed by atoms with Crippen molar-refractivity contribution in [3.05, 3.63) is 59.3 Å². The van der Waals surface area contributed by atoms with Gasteiger partial charge in [0, 0.05) is 29.9 Å². The average Bonchev–Trinajstić information content (AvgIpc) is 2.96. The van der Waals surface area contributed by atoms with Gasteiger partial charge in [-0.05, 0) is 43.9 Å². The number of aromatic nitrogens is 4. The standard InChI is InChI=1S/C29H37N7O5S/c1-19-20(2)32-28-33-26(19)41-18-22(14-29(3,4)5)36(27(37)21-7-6-8-24(13-21)42(38,39)34-28)17-25-30-15-23(16-31-25)35-9-11-40-12-10-35/h6-8,13,15-16,22H,9-12,14,17-18H2,1-5H3,(H,32,33,34)/t22-/m1/s1. The summed E-state index contributed by atoms with van der Waals surface area (Å²) in [5, 5.41) is 0. The van der Waals surface area contributed by atoms with Gasteiger partial charge in [0.2, 0.25) is 11.8 Å². The third-order valence-corrected chi connectivity index (χ3v) is 8.63. The molecule has 1 N–H and O–H groups in total. The molecule has 0 saturated carbocycles. The van der Waals surface area contributed by atoms with Crippen LogP contribution in [0.2, 0.25) is 0 Å². The van der Waals surface area contributed by atoms with E-state index >= 15 is 0 Å². The van der Waals surface area contributed by atoms with Crippen LogP contribution >= 0.6 is 0 Å². The first-order valence-electron chi connectivity index (χ1n) is 14.0. The van der Waals surface area contributed by atoms with Gasteiger partial charge >= 0.3 is 0 Å². The van der Waals surface area contributed by atoms with Gasteiger partial charge in [0.1, 0.15) is 12.4 Å². The van der Waals surface area contributed by atoms with Crippen LogP contribution in [0.4, 0.5) is 11.6 Å². The zero-order valence-electron chi connectivity index (χ0n) is 24.6. The van der Waals surface area contributed by atoms with E-state index in [-0.39, 0.29) is 46.8 Å². The topological polar surface area (TPSA) is 140 Å². The van der Waals surface area contributed by atoms with E-state index in [2.05, 4.69) is 50.3 Å². The SMILES string of the molecule is Cc1nc2nc(c1C)OC[C@@H](CC(C)(C)C)N(Cc1ncc(N3CCOCC3)cn1)C(=O)c1cccc(c1)S(=O)(=O)N2. The molecule has 3 aromatic rings. The van der Waals surface area contributed by atoms with Gasteiger partial charge in [-0.3, -0.25) is 4.79 Å². The number of morpholine rings is 1. The molecule has 1 amide bonds. The van der Waals surface area contributed by atoms with Crippen LogP contribution < -0.4 is 14.4 Å². The van der Waals surface area contributed by atoms with E-state index in [0.717, 1.165) is 18.8 Å². The first kappa shape index (κ1) is 29.6. The fraction of sp³-hybridized carbons (Fsp3) is 0.483. The van der Waals surface area contributed by atoms with Crippen molar-refractivity contribution in [2.75, 3.05) is 42.5 Å². The van der Waals surface area contributed by atoms with Gasteiger partial charge in [-0.15, -0.1) is 0 Å². The third kappa shape index (κ3) is 6.79. The predicted octanol–water partition coefficient (Wildman–Crippen LogP) is 3.36. The Balaban J connectivity index is 1.57. The van der Waals surface area contributed by atoms with Crippen molar-refractivity contribution in [3.63, 3.8) is 0 Å². The summed E-state index contributed by atoms with van der Waals surface area (Å²) >= 11 is 0. The number of hydrogen-bond donors (Lipinski definition) is 1. The lowest BCUT2D eigenvalue weighted by atomic mass is 9.87. The summed E-state index contributed by atoms with van der Waals surface area (Å²) in [6, 6.07) is 5.55. The smallest absolute Gasteiger partial charge is 0.264 e. The predicted molar refractivity (Wildman–Crippen MR) is 157 cm³/mol. The van der Waals surface area contributed by atoms with Gasteiger partial charge in [-0.2, -0.15) is 4.98 Å². The number of nitrogens with one attached hydrogen (secondary N) is 1. The molecule has 42 heavy (non-hydrogen) atoms. The summed E-state index contributed by atoms with van der Waals surface area (Å²) in [5.41, 5.74) is 2.21. The van der Waals surface area contributed by atoms with Crippen LogP contribution in [-0.2, 0) is 21.3 Å². The summed E-state index contributed by atoms with van der Waals surface area (Å²) < 4.78 is 40.7. The van der Waals surface area contributed by atoms with Crippen LogP contribution in [0.25, 0.3) is 0 Å². The fourth-order valence-corrected chi connectivity index (χ4v) is 5.99. The number of fused-ring (bicyclic) bond motifs is 4. The largest absolute Gasteiger partial charge is 0.475 e. The minimum atomic E-state index is -4.09. The summed E-state index contributed by atoms with van der Waals surface area (Å²) in [5.74, 6) is 0.270. The van der Waals surface area contributed by atoms with Gasteiger partial charge in [-0.1, -0.05) is 26.8 Å². The summed E-state index contributed by atoms with van der Waals surface area (Å²) in [7, 11) is -4.09. The average molecular weight is 596 g/mol. The van der Waals surface area contributed by atoms with E-state index in [1.54, 1.807) is 36.4 Å². The Morgan fingerprint density at radius 2 is 1.79 bits per heavy atom. The monoisotopic (exact) mass is 595 g/mol. The molecule has 4 heterocycles. The molecule has 1 atom stereocenters. The number of benzene rings is 1. The molecule has 13 heteroatoms. The van der Waals surface area contributed by atoms with E-state index in [1.807, 2.05) is 6.92 Å². The lowest BCUT2D eigenvalue weighted by Gasteiger charge is -2.35. The molecule has 5 rings (SSSR count). The summed E-state index contributed by atoms with van der Waals surface area (Å²) in [6.07, 6.45) is 4.12. The number of aryl methyl sites for hydroxylation is 1.